The van der Waals surface area contributed by atoms with Crippen LogP contribution in [-0.4, -0.2) is 64.9 Å². The van der Waals surface area contributed by atoms with Gasteiger partial charge < -0.3 is 35.2 Å². The summed E-state index contributed by atoms with van der Waals surface area (Å²) in [5.41, 5.74) is 0.113. The molecule has 3 unspecified atom stereocenters. The van der Waals surface area contributed by atoms with Gasteiger partial charge in [-0.05, 0) is 68.7 Å². The minimum absolute atomic E-state index is 0.00725. The molecule has 3 amide bonds. The molecule has 38 heavy (non-hydrogen) atoms. The maximum atomic E-state index is 14.0. The molecule has 0 heterocycles. The molecule has 2 aromatic rings. The van der Waals surface area contributed by atoms with Crippen LogP contribution in [0.3, 0.4) is 0 Å². The number of methoxy groups -OCH3 is 1. The number of anilines is 1. The van der Waals surface area contributed by atoms with E-state index in [1.165, 1.54) is 36.3 Å². The maximum Gasteiger partial charge on any atom is 0.408 e. The second-order valence-corrected chi connectivity index (χ2v) is 9.98. The molecule has 10 nitrogen and oxygen atoms in total. The van der Waals surface area contributed by atoms with Crippen molar-refractivity contribution in [3.8, 4) is 11.5 Å². The number of alkyl carbamates (subject to hydrolysis) is 1. The van der Waals surface area contributed by atoms with Crippen LogP contribution in [0.5, 0.6) is 11.5 Å². The zero-order valence-electron chi connectivity index (χ0n) is 22.9. The van der Waals surface area contributed by atoms with E-state index in [1.54, 1.807) is 45.0 Å². The average Bonchev–Trinajstić information content (AvgIpc) is 2.86. The van der Waals surface area contributed by atoms with Gasteiger partial charge in [-0.3, -0.25) is 9.59 Å². The molecular formula is C28H39N3O7. The predicted molar refractivity (Wildman–Crippen MR) is 144 cm³/mol. The van der Waals surface area contributed by atoms with Crippen molar-refractivity contribution in [2.45, 2.75) is 58.7 Å². The third-order valence-electron chi connectivity index (χ3n) is 5.90. The first kappa shape index (κ1) is 30.4. The fourth-order valence-electron chi connectivity index (χ4n) is 3.78. The number of hydrogen-bond acceptors (Lipinski definition) is 7. The Morgan fingerprint density at radius 1 is 1.03 bits per heavy atom. The molecule has 2 rings (SSSR count). The van der Waals surface area contributed by atoms with Gasteiger partial charge >= 0.3 is 6.09 Å². The molecule has 2 aromatic carbocycles. The fraction of sp³-hybridized carbons (Fsp3) is 0.464. The average molecular weight is 530 g/mol. The van der Waals surface area contributed by atoms with Crippen LogP contribution in [0.4, 0.5) is 10.5 Å². The first-order valence-corrected chi connectivity index (χ1v) is 12.5. The highest BCUT2D eigenvalue weighted by Crippen LogP contribution is 2.27. The highest BCUT2D eigenvalue weighted by Gasteiger charge is 2.38. The van der Waals surface area contributed by atoms with E-state index < -0.39 is 42.2 Å². The standard InChI is InChI=1S/C28H39N3O7/c1-7-18(2)23(30-27(36)38-28(3,4)5)26(35)31(16-17-32)24(19-8-12-21(33)13-9-19)25(34)29-20-10-14-22(37-6)15-11-20/h8-15,18,23-24,32-33H,7,16-17H2,1-6H3,(H,29,34)(H,30,36). The number of phenolic OH excluding ortho intramolecular Hbond substituents is 1. The third-order valence-corrected chi connectivity index (χ3v) is 5.90. The first-order valence-electron chi connectivity index (χ1n) is 12.5. The fourth-order valence-corrected chi connectivity index (χ4v) is 3.78. The number of aromatic hydroxyl groups is 1. The summed E-state index contributed by atoms with van der Waals surface area (Å²) in [6.07, 6.45) is -0.204. The number of amides is 3. The van der Waals surface area contributed by atoms with Gasteiger partial charge in [0.2, 0.25) is 5.91 Å². The van der Waals surface area contributed by atoms with E-state index in [4.69, 9.17) is 9.47 Å². The Morgan fingerprint density at radius 3 is 2.13 bits per heavy atom. The van der Waals surface area contributed by atoms with E-state index in [2.05, 4.69) is 10.6 Å². The van der Waals surface area contributed by atoms with Gasteiger partial charge in [0, 0.05) is 12.2 Å². The predicted octanol–water partition coefficient (Wildman–Crippen LogP) is 3.84. The summed E-state index contributed by atoms with van der Waals surface area (Å²) in [7, 11) is 1.53. The number of phenols is 1. The number of benzene rings is 2. The number of nitrogens with one attached hydrogen (secondary N) is 2. The van der Waals surface area contributed by atoms with Crippen molar-refractivity contribution >= 4 is 23.6 Å². The molecule has 0 fully saturated rings. The monoisotopic (exact) mass is 529 g/mol. The molecule has 0 aliphatic carbocycles. The summed E-state index contributed by atoms with van der Waals surface area (Å²) in [4.78, 5) is 41.5. The van der Waals surface area contributed by atoms with Crippen LogP contribution in [0.25, 0.3) is 0 Å². The number of carbonyl (C=O) groups is 3. The van der Waals surface area contributed by atoms with Crippen LogP contribution >= 0.6 is 0 Å². The van der Waals surface area contributed by atoms with E-state index in [0.717, 1.165) is 0 Å². The van der Waals surface area contributed by atoms with Crippen molar-refractivity contribution < 1.29 is 34.1 Å². The number of carbonyl (C=O) groups excluding carboxylic acids is 3. The zero-order valence-corrected chi connectivity index (χ0v) is 22.9. The topological polar surface area (TPSA) is 137 Å². The van der Waals surface area contributed by atoms with Crippen molar-refractivity contribution in [2.24, 2.45) is 5.92 Å². The van der Waals surface area contributed by atoms with Crippen molar-refractivity contribution in [2.75, 3.05) is 25.6 Å². The summed E-state index contributed by atoms with van der Waals surface area (Å²) in [5, 5.41) is 25.1. The van der Waals surface area contributed by atoms with Crippen LogP contribution in [-0.2, 0) is 14.3 Å². The maximum absolute atomic E-state index is 14.0. The van der Waals surface area contributed by atoms with Gasteiger partial charge in [0.25, 0.3) is 5.91 Å². The molecule has 0 spiro atoms. The number of aliphatic hydroxyl groups is 1. The Morgan fingerprint density at radius 2 is 1.63 bits per heavy atom. The summed E-state index contributed by atoms with van der Waals surface area (Å²) < 4.78 is 10.5. The van der Waals surface area contributed by atoms with Crippen molar-refractivity contribution in [3.63, 3.8) is 0 Å². The van der Waals surface area contributed by atoms with Crippen LogP contribution in [0, 0.1) is 5.92 Å². The summed E-state index contributed by atoms with van der Waals surface area (Å²) in [6.45, 7) is 8.24. The highest BCUT2D eigenvalue weighted by molar-refractivity contribution is 5.99. The quantitative estimate of drug-likeness (QED) is 0.347. The van der Waals surface area contributed by atoms with E-state index in [-0.39, 0.29) is 18.2 Å². The smallest absolute Gasteiger partial charge is 0.408 e. The minimum Gasteiger partial charge on any atom is -0.508 e. The number of aliphatic hydroxyl groups excluding tert-OH is 1. The lowest BCUT2D eigenvalue weighted by molar-refractivity contribution is -0.142. The highest BCUT2D eigenvalue weighted by atomic mass is 16.6. The molecule has 0 aliphatic rings. The Kier molecular flexibility index (Phi) is 10.9. The van der Waals surface area contributed by atoms with E-state index in [1.807, 2.05) is 13.8 Å². The molecular weight excluding hydrogens is 490 g/mol. The Balaban J connectivity index is 2.48. The molecule has 3 atom stereocenters. The largest absolute Gasteiger partial charge is 0.508 e. The number of nitrogens with zero attached hydrogens (tertiary/aromatic N) is 1. The van der Waals surface area contributed by atoms with Gasteiger partial charge in [-0.25, -0.2) is 4.79 Å². The van der Waals surface area contributed by atoms with Crippen LogP contribution in [0.2, 0.25) is 0 Å². The second kappa shape index (κ2) is 13.7. The van der Waals surface area contributed by atoms with Crippen molar-refractivity contribution in [1.82, 2.24) is 10.2 Å². The van der Waals surface area contributed by atoms with E-state index in [9.17, 15) is 24.6 Å². The van der Waals surface area contributed by atoms with Gasteiger partial charge in [0.1, 0.15) is 29.2 Å². The minimum atomic E-state index is -1.18. The Labute approximate surface area is 223 Å². The van der Waals surface area contributed by atoms with Gasteiger partial charge in [-0.1, -0.05) is 32.4 Å². The first-order chi connectivity index (χ1) is 17.9. The lowest BCUT2D eigenvalue weighted by atomic mass is 9.95. The molecule has 0 bridgehead atoms. The third kappa shape index (κ3) is 8.65. The lowest BCUT2D eigenvalue weighted by Crippen LogP contribution is -2.55. The molecule has 10 heteroatoms. The van der Waals surface area contributed by atoms with Gasteiger partial charge in [-0.2, -0.15) is 0 Å². The number of hydrogen-bond donors (Lipinski definition) is 4. The molecule has 4 N–H and O–H groups in total. The van der Waals surface area contributed by atoms with Gasteiger partial charge in [-0.15, -0.1) is 0 Å². The summed E-state index contributed by atoms with van der Waals surface area (Å²) in [6, 6.07) is 10.4. The van der Waals surface area contributed by atoms with Crippen LogP contribution in [0.1, 0.15) is 52.6 Å². The molecule has 208 valence electrons. The van der Waals surface area contributed by atoms with E-state index >= 15 is 0 Å². The van der Waals surface area contributed by atoms with Crippen molar-refractivity contribution in [3.05, 3.63) is 54.1 Å². The Hall–Kier alpha value is -3.79. The normalized spacial score (nSPS) is 13.6. The van der Waals surface area contributed by atoms with Crippen LogP contribution in [0.15, 0.2) is 48.5 Å². The zero-order chi connectivity index (χ0) is 28.5. The number of ether oxygens (including phenoxy) is 2. The lowest BCUT2D eigenvalue weighted by Gasteiger charge is -2.35. The molecule has 0 aliphatic heterocycles. The molecule has 0 saturated heterocycles. The molecule has 0 aromatic heterocycles. The van der Waals surface area contributed by atoms with Gasteiger partial charge in [0.15, 0.2) is 0 Å². The molecule has 0 saturated carbocycles. The Bertz CT molecular complexity index is 1070. The van der Waals surface area contributed by atoms with Gasteiger partial charge in [0.05, 0.1) is 13.7 Å². The number of rotatable bonds is 11. The van der Waals surface area contributed by atoms with Crippen molar-refractivity contribution in [1.29, 1.82) is 0 Å². The summed E-state index contributed by atoms with van der Waals surface area (Å²) >= 11 is 0. The second-order valence-electron chi connectivity index (χ2n) is 9.98. The van der Waals surface area contributed by atoms with Crippen LogP contribution < -0.4 is 15.4 Å². The molecule has 0 radical (unpaired) electrons. The summed E-state index contributed by atoms with van der Waals surface area (Å²) in [5.74, 6) is -0.793. The van der Waals surface area contributed by atoms with E-state index in [0.29, 0.717) is 23.4 Å². The SMILES string of the molecule is CCC(C)C(NC(=O)OC(C)(C)C)C(=O)N(CCO)C(C(=O)Nc1ccc(OC)cc1)c1ccc(O)cc1.